The Morgan fingerprint density at radius 2 is 2.11 bits per heavy atom. The highest BCUT2D eigenvalue weighted by atomic mass is 32.2. The number of nitrogens with two attached hydrogens (primary N) is 1. The van der Waals surface area contributed by atoms with E-state index in [4.69, 9.17) is 5.73 Å². The molecule has 2 unspecified atom stereocenters. The third-order valence-corrected chi connectivity index (χ3v) is 5.22. The molecule has 0 aromatic carbocycles. The lowest BCUT2D eigenvalue weighted by atomic mass is 10.1. The Balaban J connectivity index is 2.21. The summed E-state index contributed by atoms with van der Waals surface area (Å²) in [7, 11) is 0. The van der Waals surface area contributed by atoms with Gasteiger partial charge in [0.2, 0.25) is 0 Å². The Morgan fingerprint density at radius 1 is 1.39 bits per heavy atom. The van der Waals surface area contributed by atoms with Crippen LogP contribution in [0.25, 0.3) is 0 Å². The molecule has 0 amide bonds. The maximum absolute atomic E-state index is 6.24. The van der Waals surface area contributed by atoms with Crippen LogP contribution in [-0.2, 0) is 0 Å². The van der Waals surface area contributed by atoms with Gasteiger partial charge in [0.25, 0.3) is 0 Å². The Morgan fingerprint density at radius 3 is 2.67 bits per heavy atom. The van der Waals surface area contributed by atoms with Crippen LogP contribution in [0.15, 0.2) is 34.2 Å². The molecule has 3 nitrogen and oxygen atoms in total. The molecule has 2 N–H and O–H groups in total. The fourth-order valence-corrected chi connectivity index (χ4v) is 3.94. The van der Waals surface area contributed by atoms with E-state index in [0.29, 0.717) is 0 Å². The van der Waals surface area contributed by atoms with Crippen LogP contribution in [-0.4, -0.2) is 16.0 Å². The van der Waals surface area contributed by atoms with Crippen LogP contribution < -0.4 is 5.73 Å². The SMILES string of the molecule is CCC(N)C(Sc1nc(C)cs1)c1ccncc1. The van der Waals surface area contributed by atoms with Crippen LogP contribution in [0.3, 0.4) is 0 Å². The molecule has 0 aliphatic carbocycles. The lowest BCUT2D eigenvalue weighted by Crippen LogP contribution is -2.25. The summed E-state index contributed by atoms with van der Waals surface area (Å²) < 4.78 is 1.08. The van der Waals surface area contributed by atoms with Crippen molar-refractivity contribution in [3.63, 3.8) is 0 Å². The molecule has 2 atom stereocenters. The maximum atomic E-state index is 6.24. The number of aromatic nitrogens is 2. The molecule has 2 heterocycles. The summed E-state index contributed by atoms with van der Waals surface area (Å²) in [6, 6.07) is 4.20. The Labute approximate surface area is 116 Å². The van der Waals surface area contributed by atoms with Gasteiger partial charge in [-0.05, 0) is 31.0 Å². The van der Waals surface area contributed by atoms with E-state index >= 15 is 0 Å². The van der Waals surface area contributed by atoms with Crippen molar-refractivity contribution in [1.29, 1.82) is 0 Å². The fraction of sp³-hybridized carbons (Fsp3) is 0.385. The van der Waals surface area contributed by atoms with E-state index in [1.54, 1.807) is 23.1 Å². The monoisotopic (exact) mass is 279 g/mol. The highest BCUT2D eigenvalue weighted by Gasteiger charge is 2.21. The molecule has 2 aromatic heterocycles. The van der Waals surface area contributed by atoms with Gasteiger partial charge in [-0.1, -0.05) is 18.7 Å². The number of thiazole rings is 1. The van der Waals surface area contributed by atoms with Gasteiger partial charge in [-0.2, -0.15) is 0 Å². The van der Waals surface area contributed by atoms with E-state index in [0.717, 1.165) is 16.5 Å². The molecule has 2 rings (SSSR count). The Bertz CT molecular complexity index is 484. The van der Waals surface area contributed by atoms with Crippen molar-refractivity contribution in [3.8, 4) is 0 Å². The zero-order valence-corrected chi connectivity index (χ0v) is 12.2. The second kappa shape index (κ2) is 6.31. The molecule has 0 saturated carbocycles. The molecule has 0 bridgehead atoms. The van der Waals surface area contributed by atoms with Crippen LogP contribution in [0.2, 0.25) is 0 Å². The van der Waals surface area contributed by atoms with Crippen molar-refractivity contribution in [2.45, 2.75) is 35.9 Å². The molecule has 18 heavy (non-hydrogen) atoms. The molecule has 0 spiro atoms. The highest BCUT2D eigenvalue weighted by molar-refractivity contribution is 8.01. The van der Waals surface area contributed by atoms with Gasteiger partial charge in [0.1, 0.15) is 0 Å². The molecule has 5 heteroatoms. The van der Waals surface area contributed by atoms with Crippen LogP contribution >= 0.6 is 23.1 Å². The van der Waals surface area contributed by atoms with Gasteiger partial charge in [0, 0.05) is 29.5 Å². The van der Waals surface area contributed by atoms with E-state index in [1.807, 2.05) is 31.5 Å². The summed E-state index contributed by atoms with van der Waals surface area (Å²) in [5.74, 6) is 0. The first-order valence-electron chi connectivity index (χ1n) is 5.95. The molecule has 0 fully saturated rings. The number of pyridine rings is 1. The molecule has 2 aromatic rings. The zero-order chi connectivity index (χ0) is 13.0. The standard InChI is InChI=1S/C13H17N3S2/c1-3-11(14)12(10-4-6-15-7-5-10)18-13-16-9(2)8-17-13/h4-8,11-12H,3,14H2,1-2H3. The first-order chi connectivity index (χ1) is 8.70. The molecular weight excluding hydrogens is 262 g/mol. The van der Waals surface area contributed by atoms with E-state index in [1.165, 1.54) is 5.56 Å². The van der Waals surface area contributed by atoms with Crippen molar-refractivity contribution in [3.05, 3.63) is 41.2 Å². The Hall–Kier alpha value is -0.910. The molecule has 96 valence electrons. The summed E-state index contributed by atoms with van der Waals surface area (Å²) in [5, 5.41) is 2.31. The van der Waals surface area contributed by atoms with E-state index < -0.39 is 0 Å². The largest absolute Gasteiger partial charge is 0.326 e. The third kappa shape index (κ3) is 3.31. The number of thioether (sulfide) groups is 1. The first-order valence-corrected chi connectivity index (χ1v) is 7.71. The van der Waals surface area contributed by atoms with Crippen LogP contribution in [0.5, 0.6) is 0 Å². The number of hydrogen-bond donors (Lipinski definition) is 1. The number of rotatable bonds is 5. The van der Waals surface area contributed by atoms with E-state index in [-0.39, 0.29) is 11.3 Å². The topological polar surface area (TPSA) is 51.8 Å². The maximum Gasteiger partial charge on any atom is 0.150 e. The van der Waals surface area contributed by atoms with Gasteiger partial charge in [-0.25, -0.2) is 4.98 Å². The van der Waals surface area contributed by atoms with Gasteiger partial charge < -0.3 is 5.73 Å². The second-order valence-electron chi connectivity index (χ2n) is 4.15. The van der Waals surface area contributed by atoms with Crippen LogP contribution in [0.1, 0.15) is 29.9 Å². The zero-order valence-electron chi connectivity index (χ0n) is 10.5. The van der Waals surface area contributed by atoms with Crippen LogP contribution in [0, 0.1) is 6.92 Å². The molecule has 0 aliphatic heterocycles. The molecule has 0 radical (unpaired) electrons. The second-order valence-corrected chi connectivity index (χ2v) is 6.39. The van der Waals surface area contributed by atoms with Crippen molar-refractivity contribution < 1.29 is 0 Å². The summed E-state index contributed by atoms with van der Waals surface area (Å²) in [5.41, 5.74) is 8.53. The number of hydrogen-bond acceptors (Lipinski definition) is 5. The predicted molar refractivity (Wildman–Crippen MR) is 78.0 cm³/mol. The highest BCUT2D eigenvalue weighted by Crippen LogP contribution is 2.39. The summed E-state index contributed by atoms with van der Waals surface area (Å²) in [6.45, 7) is 4.13. The average Bonchev–Trinajstić information content (AvgIpc) is 2.82. The first kappa shape index (κ1) is 13.5. The van der Waals surface area contributed by atoms with Gasteiger partial charge in [0.05, 0.1) is 5.25 Å². The molecule has 0 saturated heterocycles. The summed E-state index contributed by atoms with van der Waals surface area (Å²) in [6.07, 6.45) is 4.58. The molecular formula is C13H17N3S2. The minimum absolute atomic E-state index is 0.126. The van der Waals surface area contributed by atoms with Crippen molar-refractivity contribution in [2.75, 3.05) is 0 Å². The lowest BCUT2D eigenvalue weighted by Gasteiger charge is -2.21. The van der Waals surface area contributed by atoms with Gasteiger partial charge >= 0.3 is 0 Å². The summed E-state index contributed by atoms with van der Waals surface area (Å²) in [4.78, 5) is 8.56. The number of nitrogens with zero attached hydrogens (tertiary/aromatic N) is 2. The van der Waals surface area contributed by atoms with Crippen molar-refractivity contribution in [1.82, 2.24) is 9.97 Å². The van der Waals surface area contributed by atoms with Crippen molar-refractivity contribution in [2.24, 2.45) is 5.73 Å². The average molecular weight is 279 g/mol. The number of aryl methyl sites for hydroxylation is 1. The minimum Gasteiger partial charge on any atom is -0.326 e. The predicted octanol–water partition coefficient (Wildman–Crippen LogP) is 3.42. The van der Waals surface area contributed by atoms with Crippen LogP contribution in [0.4, 0.5) is 0 Å². The lowest BCUT2D eigenvalue weighted by molar-refractivity contribution is 0.633. The van der Waals surface area contributed by atoms with Gasteiger partial charge in [-0.15, -0.1) is 11.3 Å². The van der Waals surface area contributed by atoms with E-state index in [9.17, 15) is 0 Å². The quantitative estimate of drug-likeness (QED) is 0.852. The van der Waals surface area contributed by atoms with E-state index in [2.05, 4.69) is 22.3 Å². The molecule has 0 aliphatic rings. The van der Waals surface area contributed by atoms with Crippen molar-refractivity contribution >= 4 is 23.1 Å². The minimum atomic E-state index is 0.126. The summed E-state index contributed by atoms with van der Waals surface area (Å²) >= 11 is 3.43. The van der Waals surface area contributed by atoms with Gasteiger partial charge in [-0.3, -0.25) is 4.98 Å². The normalized spacial score (nSPS) is 14.4. The smallest absolute Gasteiger partial charge is 0.150 e. The fourth-order valence-electron chi connectivity index (χ4n) is 1.66. The third-order valence-electron chi connectivity index (χ3n) is 2.72. The Kier molecular flexibility index (Phi) is 4.74. The van der Waals surface area contributed by atoms with Gasteiger partial charge in [0.15, 0.2) is 4.34 Å².